The molecule has 0 aliphatic carbocycles. The third-order valence-corrected chi connectivity index (χ3v) is 7.91. The van der Waals surface area contributed by atoms with E-state index in [9.17, 15) is 9.59 Å². The van der Waals surface area contributed by atoms with Crippen LogP contribution in [0.2, 0.25) is 10.0 Å². The predicted octanol–water partition coefficient (Wildman–Crippen LogP) is 7.51. The van der Waals surface area contributed by atoms with Gasteiger partial charge in [-0.15, -0.1) is 0 Å². The van der Waals surface area contributed by atoms with Crippen LogP contribution in [0.25, 0.3) is 22.0 Å². The summed E-state index contributed by atoms with van der Waals surface area (Å²) in [5, 5.41) is 7.80. The van der Waals surface area contributed by atoms with Crippen molar-refractivity contribution in [2.45, 2.75) is 12.5 Å². The first kappa shape index (κ1) is 27.6. The molecule has 0 spiro atoms. The predicted molar refractivity (Wildman–Crippen MR) is 166 cm³/mol. The highest BCUT2D eigenvalue weighted by atomic mass is 35.5. The van der Waals surface area contributed by atoms with E-state index < -0.39 is 11.9 Å². The van der Waals surface area contributed by atoms with E-state index in [2.05, 4.69) is 4.98 Å². The molecule has 1 aliphatic heterocycles. The molecule has 1 amide bonds. The van der Waals surface area contributed by atoms with Crippen LogP contribution in [-0.4, -0.2) is 35.8 Å². The van der Waals surface area contributed by atoms with Gasteiger partial charge in [-0.1, -0.05) is 77.8 Å². The summed E-state index contributed by atoms with van der Waals surface area (Å²) in [6.07, 6.45) is 0.231. The number of amides is 1. The van der Waals surface area contributed by atoms with Gasteiger partial charge in [-0.2, -0.15) is 5.10 Å². The summed E-state index contributed by atoms with van der Waals surface area (Å²) >= 11 is 12.9. The second-order valence-electron chi connectivity index (χ2n) is 9.74. The van der Waals surface area contributed by atoms with E-state index in [0.29, 0.717) is 55.0 Å². The SMILES string of the molecule is COc1cccc(C2CC(c3c(-c4ccccc4)c4cc(Cl)ccc4[nH]c3=O)=NN2C(=O)c2ccccc2Cl)c1OC. The molecule has 210 valence electrons. The van der Waals surface area contributed by atoms with Crippen LogP contribution in [-0.2, 0) is 0 Å². The maximum absolute atomic E-state index is 14.0. The standard InChI is InChI=1S/C33H25Cl2N3O4/c1-41-28-14-8-12-22(31(28)42-2)27-18-26(37-38(27)33(40)21-11-6-7-13-24(21)35)30-29(19-9-4-3-5-10-19)23-17-20(34)15-16-25(23)36-32(30)39/h3-17,27H,18H2,1-2H3,(H,36,39). The fourth-order valence-electron chi connectivity index (χ4n) is 5.47. The molecule has 42 heavy (non-hydrogen) atoms. The van der Waals surface area contributed by atoms with Crippen molar-refractivity contribution in [2.24, 2.45) is 5.10 Å². The van der Waals surface area contributed by atoms with Gasteiger partial charge in [-0.3, -0.25) is 9.59 Å². The van der Waals surface area contributed by atoms with E-state index in [4.69, 9.17) is 37.8 Å². The Kier molecular flexibility index (Phi) is 7.45. The summed E-state index contributed by atoms with van der Waals surface area (Å²) in [5.41, 5.74) is 3.57. The number of halogens is 2. The lowest BCUT2D eigenvalue weighted by molar-refractivity contribution is 0.0709. The van der Waals surface area contributed by atoms with Crippen LogP contribution >= 0.6 is 23.2 Å². The Balaban J connectivity index is 1.60. The zero-order valence-corrected chi connectivity index (χ0v) is 24.2. The minimum Gasteiger partial charge on any atom is -0.493 e. The largest absolute Gasteiger partial charge is 0.493 e. The molecule has 0 saturated carbocycles. The van der Waals surface area contributed by atoms with Crippen molar-refractivity contribution < 1.29 is 14.3 Å². The number of methoxy groups -OCH3 is 2. The van der Waals surface area contributed by atoms with Gasteiger partial charge in [0.25, 0.3) is 11.5 Å². The van der Waals surface area contributed by atoms with Crippen molar-refractivity contribution in [1.29, 1.82) is 0 Å². The van der Waals surface area contributed by atoms with Gasteiger partial charge < -0.3 is 14.5 Å². The number of hydrogen-bond donors (Lipinski definition) is 1. The zero-order valence-electron chi connectivity index (χ0n) is 22.7. The molecule has 4 aromatic carbocycles. The zero-order chi connectivity index (χ0) is 29.4. The van der Waals surface area contributed by atoms with Crippen molar-refractivity contribution >= 4 is 45.7 Å². The second-order valence-corrected chi connectivity index (χ2v) is 10.6. The minimum atomic E-state index is -0.619. The number of rotatable bonds is 6. The molecule has 5 aromatic rings. The fourth-order valence-corrected chi connectivity index (χ4v) is 5.86. The molecule has 1 N–H and O–H groups in total. The normalized spacial score (nSPS) is 14.6. The highest BCUT2D eigenvalue weighted by Gasteiger charge is 2.38. The smallest absolute Gasteiger partial charge is 0.276 e. The minimum absolute atomic E-state index is 0.231. The molecule has 1 aliphatic rings. The summed E-state index contributed by atoms with van der Waals surface area (Å²) in [7, 11) is 3.10. The number of carbonyl (C=O) groups is 1. The van der Waals surface area contributed by atoms with E-state index in [1.165, 1.54) is 5.01 Å². The average Bonchev–Trinajstić information content (AvgIpc) is 3.45. The van der Waals surface area contributed by atoms with Gasteiger partial charge in [0.1, 0.15) is 0 Å². The monoisotopic (exact) mass is 597 g/mol. The van der Waals surface area contributed by atoms with Crippen molar-refractivity contribution in [3.05, 3.63) is 128 Å². The number of hydrazone groups is 1. The number of pyridine rings is 1. The number of hydrogen-bond acceptors (Lipinski definition) is 5. The number of para-hydroxylation sites is 1. The number of fused-ring (bicyclic) bond motifs is 1. The average molecular weight is 598 g/mol. The number of aromatic amines is 1. The molecule has 0 fully saturated rings. The van der Waals surface area contributed by atoms with Crippen LogP contribution in [0.3, 0.4) is 0 Å². The quantitative estimate of drug-likeness (QED) is 0.219. The summed E-state index contributed by atoms with van der Waals surface area (Å²) in [5.74, 6) is 0.574. The Bertz CT molecular complexity index is 1920. The highest BCUT2D eigenvalue weighted by molar-refractivity contribution is 6.34. The van der Waals surface area contributed by atoms with Crippen molar-refractivity contribution in [3.63, 3.8) is 0 Å². The van der Waals surface area contributed by atoms with Crippen LogP contribution in [0.5, 0.6) is 11.5 Å². The van der Waals surface area contributed by atoms with Gasteiger partial charge in [0.2, 0.25) is 0 Å². The van der Waals surface area contributed by atoms with E-state index in [1.807, 2.05) is 48.5 Å². The molecule has 9 heteroatoms. The fraction of sp³-hybridized carbons (Fsp3) is 0.121. The Morgan fingerprint density at radius 1 is 0.905 bits per heavy atom. The molecular weight excluding hydrogens is 573 g/mol. The molecule has 1 atom stereocenters. The summed E-state index contributed by atoms with van der Waals surface area (Å²) < 4.78 is 11.3. The molecular formula is C33H25Cl2N3O4. The molecule has 6 rings (SSSR count). The van der Waals surface area contributed by atoms with Gasteiger partial charge in [0.15, 0.2) is 11.5 Å². The van der Waals surface area contributed by atoms with E-state index in [1.54, 1.807) is 56.7 Å². The Morgan fingerprint density at radius 2 is 1.67 bits per heavy atom. The highest BCUT2D eigenvalue weighted by Crippen LogP contribution is 2.43. The molecule has 0 bridgehead atoms. The first-order valence-electron chi connectivity index (χ1n) is 13.2. The first-order chi connectivity index (χ1) is 20.4. The number of H-pyrrole nitrogens is 1. The van der Waals surface area contributed by atoms with Gasteiger partial charge in [-0.25, -0.2) is 5.01 Å². The van der Waals surface area contributed by atoms with Crippen molar-refractivity contribution in [1.82, 2.24) is 9.99 Å². The van der Waals surface area contributed by atoms with Crippen LogP contribution < -0.4 is 15.0 Å². The van der Waals surface area contributed by atoms with E-state index in [-0.39, 0.29) is 12.0 Å². The number of benzene rings is 4. The number of nitrogens with one attached hydrogen (secondary N) is 1. The number of aromatic nitrogens is 1. The van der Waals surface area contributed by atoms with Gasteiger partial charge in [0, 0.05) is 33.5 Å². The summed E-state index contributed by atoms with van der Waals surface area (Å²) in [4.78, 5) is 30.9. The Labute approximate surface area is 251 Å². The molecule has 1 unspecified atom stereocenters. The Morgan fingerprint density at radius 3 is 2.40 bits per heavy atom. The second kappa shape index (κ2) is 11.4. The number of ether oxygens (including phenoxy) is 2. The molecule has 7 nitrogen and oxygen atoms in total. The third kappa shape index (κ3) is 4.81. The lowest BCUT2D eigenvalue weighted by Crippen LogP contribution is -2.27. The topological polar surface area (TPSA) is 84.0 Å². The van der Waals surface area contributed by atoms with E-state index >= 15 is 0 Å². The van der Waals surface area contributed by atoms with Crippen molar-refractivity contribution in [2.75, 3.05) is 14.2 Å². The first-order valence-corrected chi connectivity index (χ1v) is 13.9. The summed E-state index contributed by atoms with van der Waals surface area (Å²) in [6, 6.07) is 26.6. The molecule has 0 radical (unpaired) electrons. The Hall–Kier alpha value is -4.59. The molecule has 1 aromatic heterocycles. The number of nitrogens with zero attached hydrogens (tertiary/aromatic N) is 2. The third-order valence-electron chi connectivity index (χ3n) is 7.34. The summed E-state index contributed by atoms with van der Waals surface area (Å²) in [6.45, 7) is 0. The van der Waals surface area contributed by atoms with Crippen LogP contribution in [0.4, 0.5) is 0 Å². The number of carbonyl (C=O) groups excluding carboxylic acids is 1. The van der Waals surface area contributed by atoms with Crippen LogP contribution in [0, 0.1) is 0 Å². The van der Waals surface area contributed by atoms with Gasteiger partial charge in [0.05, 0.1) is 42.1 Å². The maximum Gasteiger partial charge on any atom is 0.276 e. The van der Waals surface area contributed by atoms with Gasteiger partial charge >= 0.3 is 0 Å². The lowest BCUT2D eigenvalue weighted by atomic mass is 9.90. The molecule has 2 heterocycles. The van der Waals surface area contributed by atoms with E-state index in [0.717, 1.165) is 10.9 Å². The molecule has 0 saturated heterocycles. The van der Waals surface area contributed by atoms with Gasteiger partial charge in [-0.05, 0) is 42.0 Å². The van der Waals surface area contributed by atoms with Crippen LogP contribution in [0.15, 0.2) is 101 Å². The van der Waals surface area contributed by atoms with Crippen molar-refractivity contribution in [3.8, 4) is 22.6 Å². The van der Waals surface area contributed by atoms with Crippen LogP contribution in [0.1, 0.15) is 33.9 Å². The lowest BCUT2D eigenvalue weighted by Gasteiger charge is -2.24. The maximum atomic E-state index is 14.0.